The highest BCUT2D eigenvalue weighted by molar-refractivity contribution is 6.01. The number of nitrogen functional groups attached to an aromatic ring is 1. The molecule has 0 bridgehead atoms. The molecule has 1 amide bonds. The minimum Gasteiger partial charge on any atom is -0.383 e. The molecular formula is C29H29F4N7O. The number of hydrogen-bond donors (Lipinski definition) is 2. The molecule has 12 heteroatoms. The van der Waals surface area contributed by atoms with Crippen LogP contribution in [0.15, 0.2) is 42.9 Å². The number of nitrogens with zero attached hydrogens (tertiary/aromatic N) is 5. The lowest BCUT2D eigenvalue weighted by atomic mass is 10.00. The smallest absolute Gasteiger partial charge is 0.383 e. The predicted octanol–water partition coefficient (Wildman–Crippen LogP) is 4.24. The summed E-state index contributed by atoms with van der Waals surface area (Å²) < 4.78 is 57.8. The Morgan fingerprint density at radius 1 is 1.05 bits per heavy atom. The molecule has 4 aromatic rings. The number of aromatic nitrogens is 3. The van der Waals surface area contributed by atoms with Gasteiger partial charge in [-0.2, -0.15) is 13.2 Å². The zero-order chi connectivity index (χ0) is 28.9. The fourth-order valence-corrected chi connectivity index (χ4v) is 5.76. The molecule has 41 heavy (non-hydrogen) atoms. The van der Waals surface area contributed by atoms with E-state index in [1.54, 1.807) is 24.4 Å². The Kier molecular flexibility index (Phi) is 6.90. The molecular weight excluding hydrogens is 538 g/mol. The molecule has 2 aliphatic rings. The fraction of sp³-hybridized carbons (Fsp3) is 0.345. The third-order valence-electron chi connectivity index (χ3n) is 8.01. The molecule has 1 saturated heterocycles. The van der Waals surface area contributed by atoms with Gasteiger partial charge in [-0.3, -0.25) is 9.69 Å². The average molecular weight is 568 g/mol. The number of likely N-dealkylation sites (N-methyl/N-ethyl adjacent to an activating group) is 1. The number of H-pyrrole nitrogens is 1. The molecule has 0 radical (unpaired) electrons. The number of amides is 1. The number of aromatic amines is 1. The number of rotatable bonds is 5. The number of nitrogens with two attached hydrogens (primary N) is 1. The number of nitrogens with one attached hydrogen (secondary N) is 1. The lowest BCUT2D eigenvalue weighted by Gasteiger charge is -2.33. The standard InChI is InChI=1S/C29H29F4N7O/c1-38-8-10-39(11-9-38)15-18-3-2-17(12-22(18)29(31,32)33)13-24(41)40-7-6-20-23(40)5-4-19(26(20)30)21-14-35-28-25(21)27(34)36-16-37-28/h2-5,12,14,16H,6-11,13,15H2,1H3,(H3,34,35,36,37). The van der Waals surface area contributed by atoms with Crippen LogP contribution in [0.4, 0.5) is 29.1 Å². The summed E-state index contributed by atoms with van der Waals surface area (Å²) in [4.78, 5) is 30.0. The van der Waals surface area contributed by atoms with Crippen molar-refractivity contribution >= 4 is 28.4 Å². The van der Waals surface area contributed by atoms with Gasteiger partial charge in [0.25, 0.3) is 0 Å². The molecule has 8 nitrogen and oxygen atoms in total. The lowest BCUT2D eigenvalue weighted by Crippen LogP contribution is -2.44. The van der Waals surface area contributed by atoms with E-state index in [9.17, 15) is 18.0 Å². The van der Waals surface area contributed by atoms with Crippen LogP contribution in [0, 0.1) is 5.82 Å². The highest BCUT2D eigenvalue weighted by Gasteiger charge is 2.35. The maximum Gasteiger partial charge on any atom is 0.416 e. The number of anilines is 2. The van der Waals surface area contributed by atoms with E-state index in [-0.39, 0.29) is 48.8 Å². The van der Waals surface area contributed by atoms with Crippen molar-refractivity contribution in [2.45, 2.75) is 25.6 Å². The van der Waals surface area contributed by atoms with Crippen LogP contribution in [0.2, 0.25) is 0 Å². The van der Waals surface area contributed by atoms with Crippen molar-refractivity contribution < 1.29 is 22.4 Å². The van der Waals surface area contributed by atoms with Crippen LogP contribution < -0.4 is 10.6 Å². The van der Waals surface area contributed by atoms with E-state index in [2.05, 4.69) is 19.9 Å². The van der Waals surface area contributed by atoms with E-state index in [1.165, 1.54) is 17.3 Å². The predicted molar refractivity (Wildman–Crippen MR) is 148 cm³/mol. The van der Waals surface area contributed by atoms with Gasteiger partial charge in [-0.1, -0.05) is 12.1 Å². The van der Waals surface area contributed by atoms with Gasteiger partial charge in [0.2, 0.25) is 5.91 Å². The maximum atomic E-state index is 15.7. The summed E-state index contributed by atoms with van der Waals surface area (Å²) in [5.41, 5.74) is 7.85. The molecule has 0 atom stereocenters. The second-order valence-corrected chi connectivity index (χ2v) is 10.7. The Bertz CT molecular complexity index is 1630. The van der Waals surface area contributed by atoms with Gasteiger partial charge in [-0.25, -0.2) is 14.4 Å². The molecule has 0 saturated carbocycles. The first-order chi connectivity index (χ1) is 19.6. The normalized spacial score (nSPS) is 16.5. The molecule has 2 aromatic heterocycles. The van der Waals surface area contributed by atoms with Crippen molar-refractivity contribution in [3.8, 4) is 11.1 Å². The Morgan fingerprint density at radius 2 is 1.83 bits per heavy atom. The molecule has 0 aliphatic carbocycles. The number of piperazine rings is 1. The monoisotopic (exact) mass is 567 g/mol. The zero-order valence-electron chi connectivity index (χ0n) is 22.4. The summed E-state index contributed by atoms with van der Waals surface area (Å²) in [6.45, 7) is 3.44. The van der Waals surface area contributed by atoms with Gasteiger partial charge >= 0.3 is 6.18 Å². The van der Waals surface area contributed by atoms with Gasteiger partial charge < -0.3 is 20.5 Å². The van der Waals surface area contributed by atoms with Crippen LogP contribution in [0.3, 0.4) is 0 Å². The Balaban J connectivity index is 1.23. The fourth-order valence-electron chi connectivity index (χ4n) is 5.76. The summed E-state index contributed by atoms with van der Waals surface area (Å²) in [7, 11) is 1.99. The maximum absolute atomic E-state index is 15.7. The summed E-state index contributed by atoms with van der Waals surface area (Å²) in [5.74, 6) is -0.647. The molecule has 0 unspecified atom stereocenters. The third kappa shape index (κ3) is 5.13. The van der Waals surface area contributed by atoms with Crippen LogP contribution in [0.5, 0.6) is 0 Å². The number of halogens is 4. The Labute approximate surface area is 233 Å². The highest BCUT2D eigenvalue weighted by atomic mass is 19.4. The number of hydrogen-bond acceptors (Lipinski definition) is 6. The van der Waals surface area contributed by atoms with Crippen molar-refractivity contribution in [3.63, 3.8) is 0 Å². The Morgan fingerprint density at radius 3 is 2.59 bits per heavy atom. The molecule has 2 aliphatic heterocycles. The van der Waals surface area contributed by atoms with E-state index < -0.39 is 17.6 Å². The van der Waals surface area contributed by atoms with Gasteiger partial charge in [-0.15, -0.1) is 0 Å². The number of benzene rings is 2. The average Bonchev–Trinajstić information content (AvgIpc) is 3.56. The van der Waals surface area contributed by atoms with Crippen molar-refractivity contribution in [1.82, 2.24) is 24.8 Å². The van der Waals surface area contributed by atoms with Crippen molar-refractivity contribution in [2.75, 3.05) is 50.4 Å². The van der Waals surface area contributed by atoms with Crippen molar-refractivity contribution in [3.05, 3.63) is 70.9 Å². The quantitative estimate of drug-likeness (QED) is 0.351. The summed E-state index contributed by atoms with van der Waals surface area (Å²) >= 11 is 0. The minimum absolute atomic E-state index is 0.197. The minimum atomic E-state index is -4.54. The number of carbonyl (C=O) groups is 1. The molecule has 1 fully saturated rings. The first-order valence-electron chi connectivity index (χ1n) is 13.4. The molecule has 214 valence electrons. The second kappa shape index (κ2) is 10.4. The van der Waals surface area contributed by atoms with Crippen LogP contribution >= 0.6 is 0 Å². The van der Waals surface area contributed by atoms with Crippen LogP contribution in [-0.4, -0.2) is 70.4 Å². The van der Waals surface area contributed by atoms with Gasteiger partial charge in [0, 0.05) is 67.8 Å². The van der Waals surface area contributed by atoms with E-state index in [0.717, 1.165) is 19.2 Å². The number of fused-ring (bicyclic) bond motifs is 2. The summed E-state index contributed by atoms with van der Waals surface area (Å²) in [6.07, 6.45) is -1.55. The first-order valence-corrected chi connectivity index (χ1v) is 13.4. The highest BCUT2D eigenvalue weighted by Crippen LogP contribution is 2.39. The largest absolute Gasteiger partial charge is 0.416 e. The van der Waals surface area contributed by atoms with Gasteiger partial charge in [0.05, 0.1) is 17.4 Å². The van der Waals surface area contributed by atoms with E-state index >= 15 is 4.39 Å². The lowest BCUT2D eigenvalue weighted by molar-refractivity contribution is -0.138. The topological polar surface area (TPSA) is 94.4 Å². The van der Waals surface area contributed by atoms with Crippen LogP contribution in [-0.2, 0) is 30.4 Å². The number of alkyl halides is 3. The molecule has 2 aromatic carbocycles. The summed E-state index contributed by atoms with van der Waals surface area (Å²) in [5, 5.41) is 0.508. The van der Waals surface area contributed by atoms with E-state index in [0.29, 0.717) is 46.5 Å². The second-order valence-electron chi connectivity index (χ2n) is 10.7. The SMILES string of the molecule is CN1CCN(Cc2ccc(CC(=O)N3CCc4c3ccc(-c3c[nH]c5ncnc(N)c35)c4F)cc2C(F)(F)F)CC1. The van der Waals surface area contributed by atoms with Crippen LogP contribution in [0.1, 0.15) is 22.3 Å². The molecule has 3 N–H and O–H groups in total. The molecule has 6 rings (SSSR count). The Hall–Kier alpha value is -4.03. The summed E-state index contributed by atoms with van der Waals surface area (Å²) in [6, 6.07) is 7.38. The molecule has 0 spiro atoms. The van der Waals surface area contributed by atoms with Gasteiger partial charge in [0.15, 0.2) is 0 Å². The first kappa shape index (κ1) is 27.2. The van der Waals surface area contributed by atoms with Crippen molar-refractivity contribution in [1.29, 1.82) is 0 Å². The van der Waals surface area contributed by atoms with Gasteiger partial charge in [-0.05, 0) is 42.8 Å². The van der Waals surface area contributed by atoms with Crippen LogP contribution in [0.25, 0.3) is 22.2 Å². The third-order valence-corrected chi connectivity index (χ3v) is 8.01. The van der Waals surface area contributed by atoms with E-state index in [1.807, 2.05) is 11.9 Å². The number of carbonyl (C=O) groups excluding carboxylic acids is 1. The van der Waals surface area contributed by atoms with Crippen molar-refractivity contribution in [2.24, 2.45) is 0 Å². The molecule has 4 heterocycles. The van der Waals surface area contributed by atoms with Gasteiger partial charge in [0.1, 0.15) is 23.6 Å². The zero-order valence-corrected chi connectivity index (χ0v) is 22.4. The van der Waals surface area contributed by atoms with E-state index in [4.69, 9.17) is 5.73 Å².